The fourth-order valence-corrected chi connectivity index (χ4v) is 2.81. The molecule has 20 heavy (non-hydrogen) atoms. The molecule has 0 fully saturated rings. The largest absolute Gasteiger partial charge is 0.301 e. The number of benzene rings is 1. The number of rotatable bonds is 0. The molecule has 3 aromatic heterocycles. The molecule has 0 bridgehead atoms. The first-order valence-electron chi connectivity index (χ1n) is 6.52. The first-order valence-corrected chi connectivity index (χ1v) is 6.52. The van der Waals surface area contributed by atoms with Crippen LogP contribution in [0.2, 0.25) is 0 Å². The molecule has 4 nitrogen and oxygen atoms in total. The van der Waals surface area contributed by atoms with Gasteiger partial charge in [-0.15, -0.1) is 0 Å². The second-order valence-corrected chi connectivity index (χ2v) is 5.14. The summed E-state index contributed by atoms with van der Waals surface area (Å²) >= 11 is 0. The Bertz CT molecular complexity index is 1040. The molecule has 0 amide bonds. The highest BCUT2D eigenvalue weighted by Gasteiger charge is 2.12. The lowest BCUT2D eigenvalue weighted by Gasteiger charge is -2.08. The maximum Gasteiger partial charge on any atom is 0.276 e. The molecular formula is C16H13N3O. The van der Waals surface area contributed by atoms with Crippen molar-refractivity contribution in [3.05, 3.63) is 58.5 Å². The number of hydrogen-bond acceptors (Lipinski definition) is 2. The minimum absolute atomic E-state index is 0.0231. The summed E-state index contributed by atoms with van der Waals surface area (Å²) in [5.41, 5.74) is 4.45. The van der Waals surface area contributed by atoms with Gasteiger partial charge in [0, 0.05) is 18.6 Å². The molecule has 0 N–H and O–H groups in total. The van der Waals surface area contributed by atoms with Crippen LogP contribution in [0.1, 0.15) is 5.56 Å². The predicted octanol–water partition coefficient (Wildman–Crippen LogP) is 2.65. The average Bonchev–Trinajstić information content (AvgIpc) is 2.84. The number of pyridine rings is 1. The van der Waals surface area contributed by atoms with E-state index in [2.05, 4.69) is 11.1 Å². The lowest BCUT2D eigenvalue weighted by atomic mass is 10.2. The van der Waals surface area contributed by atoms with Gasteiger partial charge in [0.2, 0.25) is 0 Å². The maximum atomic E-state index is 12.5. The normalized spacial score (nSPS) is 11.7. The molecular weight excluding hydrogens is 250 g/mol. The first-order chi connectivity index (χ1) is 9.66. The molecule has 1 aromatic carbocycles. The lowest BCUT2D eigenvalue weighted by molar-refractivity contribution is 0.882. The Balaban J connectivity index is 2.45. The summed E-state index contributed by atoms with van der Waals surface area (Å²) in [4.78, 5) is 16.9. The van der Waals surface area contributed by atoms with Crippen molar-refractivity contribution in [2.75, 3.05) is 0 Å². The van der Waals surface area contributed by atoms with Gasteiger partial charge in [-0.1, -0.05) is 18.2 Å². The predicted molar refractivity (Wildman–Crippen MR) is 80.2 cm³/mol. The number of hydrogen-bond donors (Lipinski definition) is 0. The third-order valence-electron chi connectivity index (χ3n) is 3.78. The molecule has 0 unspecified atom stereocenters. The van der Waals surface area contributed by atoms with Crippen molar-refractivity contribution < 1.29 is 0 Å². The van der Waals surface area contributed by atoms with Crippen LogP contribution in [-0.2, 0) is 7.05 Å². The number of aryl methyl sites for hydroxylation is 2. The van der Waals surface area contributed by atoms with Crippen molar-refractivity contribution in [1.29, 1.82) is 0 Å². The monoisotopic (exact) mass is 263 g/mol. The van der Waals surface area contributed by atoms with Crippen LogP contribution in [0.4, 0.5) is 0 Å². The van der Waals surface area contributed by atoms with Crippen LogP contribution in [0.25, 0.3) is 27.6 Å². The Morgan fingerprint density at radius 3 is 2.70 bits per heavy atom. The molecule has 0 aliphatic carbocycles. The zero-order valence-corrected chi connectivity index (χ0v) is 11.3. The van der Waals surface area contributed by atoms with Gasteiger partial charge in [-0.25, -0.2) is 4.98 Å². The molecule has 4 aromatic rings. The Morgan fingerprint density at radius 2 is 1.85 bits per heavy atom. The third kappa shape index (κ3) is 1.30. The molecule has 0 spiro atoms. The second-order valence-electron chi connectivity index (χ2n) is 5.14. The molecule has 3 heterocycles. The van der Waals surface area contributed by atoms with E-state index in [-0.39, 0.29) is 5.56 Å². The molecule has 98 valence electrons. The molecule has 0 saturated heterocycles. The van der Waals surface area contributed by atoms with Crippen LogP contribution in [0.15, 0.2) is 47.4 Å². The van der Waals surface area contributed by atoms with Crippen LogP contribution in [0.3, 0.4) is 0 Å². The van der Waals surface area contributed by atoms with Gasteiger partial charge in [0.25, 0.3) is 5.56 Å². The van der Waals surface area contributed by atoms with Gasteiger partial charge in [0.15, 0.2) is 5.65 Å². The highest BCUT2D eigenvalue weighted by Crippen LogP contribution is 2.22. The molecule has 0 saturated carbocycles. The SMILES string of the molecule is Cc1cnc2c(c1)n1c(cc3ccccc31)c(=O)n2C. The molecule has 4 heteroatoms. The minimum atomic E-state index is -0.0231. The van der Waals surface area contributed by atoms with Crippen molar-refractivity contribution >= 4 is 27.6 Å². The Kier molecular flexibility index (Phi) is 2.07. The van der Waals surface area contributed by atoms with Gasteiger partial charge in [-0.3, -0.25) is 9.36 Å². The number of para-hydroxylation sites is 1. The van der Waals surface area contributed by atoms with Crippen molar-refractivity contribution in [1.82, 2.24) is 14.0 Å². The molecule has 0 aliphatic rings. The first kappa shape index (κ1) is 11.2. The van der Waals surface area contributed by atoms with E-state index in [9.17, 15) is 4.79 Å². The number of fused-ring (bicyclic) bond motifs is 5. The minimum Gasteiger partial charge on any atom is -0.301 e. The lowest BCUT2D eigenvalue weighted by Crippen LogP contribution is -2.20. The Morgan fingerprint density at radius 1 is 1.05 bits per heavy atom. The summed E-state index contributed by atoms with van der Waals surface area (Å²) < 4.78 is 3.62. The van der Waals surface area contributed by atoms with Gasteiger partial charge in [0.1, 0.15) is 5.52 Å². The van der Waals surface area contributed by atoms with Crippen LogP contribution in [-0.4, -0.2) is 14.0 Å². The zero-order valence-electron chi connectivity index (χ0n) is 11.3. The van der Waals surface area contributed by atoms with E-state index in [1.54, 1.807) is 17.8 Å². The van der Waals surface area contributed by atoms with Gasteiger partial charge < -0.3 is 4.40 Å². The van der Waals surface area contributed by atoms with Gasteiger partial charge in [-0.05, 0) is 30.7 Å². The summed E-state index contributed by atoms with van der Waals surface area (Å²) in [5, 5.41) is 1.07. The van der Waals surface area contributed by atoms with E-state index in [4.69, 9.17) is 0 Å². The topological polar surface area (TPSA) is 39.3 Å². The van der Waals surface area contributed by atoms with Crippen LogP contribution >= 0.6 is 0 Å². The summed E-state index contributed by atoms with van der Waals surface area (Å²) in [6, 6.07) is 12.0. The van der Waals surface area contributed by atoms with Gasteiger partial charge >= 0.3 is 0 Å². The van der Waals surface area contributed by atoms with E-state index in [1.165, 1.54) is 0 Å². The van der Waals surface area contributed by atoms with E-state index in [1.807, 2.05) is 41.7 Å². The van der Waals surface area contributed by atoms with Crippen molar-refractivity contribution in [2.45, 2.75) is 6.92 Å². The van der Waals surface area contributed by atoms with E-state index < -0.39 is 0 Å². The molecule has 0 atom stereocenters. The summed E-state index contributed by atoms with van der Waals surface area (Å²) in [6.07, 6.45) is 1.79. The zero-order chi connectivity index (χ0) is 13.9. The van der Waals surface area contributed by atoms with E-state index >= 15 is 0 Å². The molecule has 0 radical (unpaired) electrons. The second kappa shape index (κ2) is 3.70. The summed E-state index contributed by atoms with van der Waals surface area (Å²) in [5.74, 6) is 0. The third-order valence-corrected chi connectivity index (χ3v) is 3.78. The van der Waals surface area contributed by atoms with E-state index in [0.717, 1.165) is 22.0 Å². The Hall–Kier alpha value is -2.62. The van der Waals surface area contributed by atoms with Crippen molar-refractivity contribution in [2.24, 2.45) is 7.05 Å². The highest BCUT2D eigenvalue weighted by atomic mass is 16.1. The maximum absolute atomic E-state index is 12.5. The fraction of sp³-hybridized carbons (Fsp3) is 0.125. The number of nitrogens with zero attached hydrogens (tertiary/aromatic N) is 3. The smallest absolute Gasteiger partial charge is 0.276 e. The van der Waals surface area contributed by atoms with Crippen molar-refractivity contribution in [3.8, 4) is 0 Å². The molecule has 0 aliphatic heterocycles. The Labute approximate surface area is 114 Å². The number of aromatic nitrogens is 3. The van der Waals surface area contributed by atoms with Crippen LogP contribution in [0.5, 0.6) is 0 Å². The highest BCUT2D eigenvalue weighted by molar-refractivity contribution is 5.92. The fourth-order valence-electron chi connectivity index (χ4n) is 2.81. The standard InChI is InChI=1S/C16H13N3O/c1-10-7-13-15(17-9-10)18(2)16(20)14-8-11-5-3-4-6-12(11)19(13)14/h3-9H,1-2H3. The van der Waals surface area contributed by atoms with Crippen LogP contribution < -0.4 is 5.56 Å². The summed E-state index contributed by atoms with van der Waals surface area (Å²) in [7, 11) is 1.77. The summed E-state index contributed by atoms with van der Waals surface area (Å²) in [6.45, 7) is 2.01. The molecule has 4 rings (SSSR count). The average molecular weight is 263 g/mol. The quantitative estimate of drug-likeness (QED) is 0.489. The van der Waals surface area contributed by atoms with Gasteiger partial charge in [0.05, 0.1) is 11.0 Å². The van der Waals surface area contributed by atoms with E-state index in [0.29, 0.717) is 11.2 Å². The van der Waals surface area contributed by atoms with Gasteiger partial charge in [-0.2, -0.15) is 0 Å². The van der Waals surface area contributed by atoms with Crippen LogP contribution in [0, 0.1) is 6.92 Å². The van der Waals surface area contributed by atoms with Crippen molar-refractivity contribution in [3.63, 3.8) is 0 Å².